The van der Waals surface area contributed by atoms with E-state index in [-0.39, 0.29) is 40.8 Å². The Labute approximate surface area is 206 Å². The molecule has 0 spiro atoms. The molecular weight excluding hydrogens is 546 g/mol. The molecule has 0 bridgehead atoms. The molecule has 1 unspecified atom stereocenters. The van der Waals surface area contributed by atoms with Crippen molar-refractivity contribution in [1.82, 2.24) is 15.4 Å². The van der Waals surface area contributed by atoms with Crippen LogP contribution in [0.25, 0.3) is 0 Å². The van der Waals surface area contributed by atoms with E-state index in [1.807, 2.05) is 13.0 Å². The van der Waals surface area contributed by atoms with Crippen LogP contribution in [0, 0.1) is 5.82 Å². The van der Waals surface area contributed by atoms with Gasteiger partial charge in [0.05, 0.1) is 17.5 Å². The number of ether oxygens (including phenoxy) is 1. The fourth-order valence-corrected chi connectivity index (χ4v) is 4.28. The molecule has 3 rings (SSSR count). The Bertz CT molecular complexity index is 981. The highest BCUT2D eigenvalue weighted by atomic mass is 127. The summed E-state index contributed by atoms with van der Waals surface area (Å²) in [4.78, 5) is 4.69. The first-order valence-electron chi connectivity index (χ1n) is 10.4. The summed E-state index contributed by atoms with van der Waals surface area (Å²) in [5.41, 5.74) is 1.69. The molecule has 10 heteroatoms. The fraction of sp³-hybridized carbons (Fsp3) is 0.409. The molecule has 1 saturated heterocycles. The molecule has 0 radical (unpaired) electrons. The molecule has 7 nitrogen and oxygen atoms in total. The van der Waals surface area contributed by atoms with Crippen LogP contribution >= 0.6 is 24.0 Å². The Hall–Kier alpha value is -1.76. The second-order valence-corrected chi connectivity index (χ2v) is 9.08. The smallest absolute Gasteiger partial charge is 0.240 e. The lowest BCUT2D eigenvalue weighted by atomic mass is 10.2. The molecule has 1 atom stereocenters. The third-order valence-electron chi connectivity index (χ3n) is 4.87. The summed E-state index contributed by atoms with van der Waals surface area (Å²) in [6.07, 6.45) is 1.80. The van der Waals surface area contributed by atoms with E-state index in [1.54, 1.807) is 30.3 Å². The predicted octanol–water partition coefficient (Wildman–Crippen LogP) is 3.16. The molecule has 1 aliphatic heterocycles. The van der Waals surface area contributed by atoms with Gasteiger partial charge in [-0.25, -0.2) is 22.5 Å². The molecule has 1 aliphatic rings. The normalized spacial score (nSPS) is 16.4. The number of benzene rings is 2. The van der Waals surface area contributed by atoms with Crippen LogP contribution in [0.2, 0.25) is 0 Å². The first-order chi connectivity index (χ1) is 15.0. The van der Waals surface area contributed by atoms with Crippen LogP contribution in [0.3, 0.4) is 0 Å². The zero-order chi connectivity index (χ0) is 22.1. The average Bonchev–Trinajstić information content (AvgIpc) is 3.29. The maximum atomic E-state index is 13.3. The quantitative estimate of drug-likeness (QED) is 0.243. The largest absolute Gasteiger partial charge is 0.377 e. The lowest BCUT2D eigenvalue weighted by molar-refractivity contribution is 0.114. The lowest BCUT2D eigenvalue weighted by Crippen LogP contribution is -2.36. The Morgan fingerprint density at radius 3 is 2.59 bits per heavy atom. The van der Waals surface area contributed by atoms with Crippen molar-refractivity contribution in [2.24, 2.45) is 4.99 Å². The first kappa shape index (κ1) is 26.5. The van der Waals surface area contributed by atoms with Gasteiger partial charge in [-0.05, 0) is 55.2 Å². The van der Waals surface area contributed by atoms with E-state index >= 15 is 0 Å². The van der Waals surface area contributed by atoms with Crippen LogP contribution in [-0.4, -0.2) is 40.2 Å². The number of hydrogen-bond acceptors (Lipinski definition) is 4. The lowest BCUT2D eigenvalue weighted by Gasteiger charge is -2.13. The maximum Gasteiger partial charge on any atom is 0.240 e. The highest BCUT2D eigenvalue weighted by Crippen LogP contribution is 2.14. The number of guanidine groups is 1. The van der Waals surface area contributed by atoms with Gasteiger partial charge < -0.3 is 15.4 Å². The summed E-state index contributed by atoms with van der Waals surface area (Å²) in [7, 11) is -3.56. The van der Waals surface area contributed by atoms with Crippen LogP contribution in [0.1, 0.15) is 30.9 Å². The summed E-state index contributed by atoms with van der Waals surface area (Å²) in [5.74, 6) is 0.313. The first-order valence-corrected chi connectivity index (χ1v) is 11.9. The number of aliphatic imine (C=N–C) groups is 1. The number of halogens is 2. The van der Waals surface area contributed by atoms with E-state index in [9.17, 15) is 12.8 Å². The molecule has 1 heterocycles. The van der Waals surface area contributed by atoms with Gasteiger partial charge in [-0.3, -0.25) is 0 Å². The van der Waals surface area contributed by atoms with Crippen LogP contribution in [0.5, 0.6) is 0 Å². The molecule has 0 amide bonds. The van der Waals surface area contributed by atoms with Gasteiger partial charge in [0, 0.05) is 26.2 Å². The fourth-order valence-electron chi connectivity index (χ4n) is 3.21. The number of sulfonamides is 1. The second-order valence-electron chi connectivity index (χ2n) is 7.31. The number of nitrogens with one attached hydrogen (secondary N) is 3. The van der Waals surface area contributed by atoms with Gasteiger partial charge in [-0.15, -0.1) is 24.0 Å². The van der Waals surface area contributed by atoms with Crippen molar-refractivity contribution >= 4 is 40.0 Å². The van der Waals surface area contributed by atoms with Gasteiger partial charge in [-0.2, -0.15) is 0 Å². The summed E-state index contributed by atoms with van der Waals surface area (Å²) in [6, 6.07) is 13.1. The Kier molecular flexibility index (Phi) is 10.8. The zero-order valence-corrected chi connectivity index (χ0v) is 21.2. The van der Waals surface area contributed by atoms with Gasteiger partial charge >= 0.3 is 0 Å². The number of hydrogen-bond donors (Lipinski definition) is 3. The van der Waals surface area contributed by atoms with E-state index in [1.165, 1.54) is 12.1 Å². The molecule has 2 aromatic carbocycles. The summed E-state index contributed by atoms with van der Waals surface area (Å²) < 4.78 is 46.3. The highest BCUT2D eigenvalue weighted by molar-refractivity contribution is 14.0. The van der Waals surface area contributed by atoms with Gasteiger partial charge in [-0.1, -0.05) is 24.3 Å². The predicted molar refractivity (Wildman–Crippen MR) is 134 cm³/mol. The van der Waals surface area contributed by atoms with Crippen molar-refractivity contribution < 1.29 is 17.5 Å². The highest BCUT2D eigenvalue weighted by Gasteiger charge is 2.20. The zero-order valence-electron chi connectivity index (χ0n) is 18.0. The molecule has 0 saturated carbocycles. The SMILES string of the molecule is CCNC(=NCc1cccc(F)c1)NCc1ccc(S(=O)(=O)NCC2CCCO2)cc1.I. The van der Waals surface area contributed by atoms with E-state index in [4.69, 9.17) is 4.74 Å². The third-order valence-corrected chi connectivity index (χ3v) is 6.31. The van der Waals surface area contributed by atoms with Crippen LogP contribution < -0.4 is 15.4 Å². The van der Waals surface area contributed by atoms with E-state index in [0.717, 1.165) is 24.0 Å². The van der Waals surface area contributed by atoms with Gasteiger partial charge in [0.15, 0.2) is 5.96 Å². The van der Waals surface area contributed by atoms with Crippen molar-refractivity contribution in [3.8, 4) is 0 Å². The summed E-state index contributed by atoms with van der Waals surface area (Å²) in [5, 5.41) is 6.35. The topological polar surface area (TPSA) is 91.8 Å². The van der Waals surface area contributed by atoms with Crippen molar-refractivity contribution in [2.75, 3.05) is 19.7 Å². The van der Waals surface area contributed by atoms with Crippen molar-refractivity contribution in [3.63, 3.8) is 0 Å². The molecular formula is C22H30FIN4O3S. The van der Waals surface area contributed by atoms with Crippen LogP contribution in [0.15, 0.2) is 58.4 Å². The second kappa shape index (κ2) is 13.1. The average molecular weight is 576 g/mol. The minimum absolute atomic E-state index is 0. The van der Waals surface area contributed by atoms with Crippen molar-refractivity contribution in [3.05, 3.63) is 65.5 Å². The standard InChI is InChI=1S/C22H29FN4O3S.HI/c1-2-24-22(26-15-18-5-3-6-19(23)13-18)25-14-17-8-10-21(11-9-17)31(28,29)27-16-20-7-4-12-30-20;/h3,5-6,8-11,13,20,27H,2,4,7,12,14-16H2,1H3,(H2,24,25,26);1H. The number of rotatable bonds is 9. The molecule has 176 valence electrons. The molecule has 32 heavy (non-hydrogen) atoms. The molecule has 3 N–H and O–H groups in total. The van der Waals surface area contributed by atoms with E-state index in [2.05, 4.69) is 20.3 Å². The van der Waals surface area contributed by atoms with Gasteiger partial charge in [0.1, 0.15) is 5.82 Å². The van der Waals surface area contributed by atoms with E-state index < -0.39 is 10.0 Å². The monoisotopic (exact) mass is 576 g/mol. The Morgan fingerprint density at radius 2 is 1.94 bits per heavy atom. The molecule has 0 aliphatic carbocycles. The molecule has 1 fully saturated rings. The Morgan fingerprint density at radius 1 is 1.16 bits per heavy atom. The van der Waals surface area contributed by atoms with Crippen LogP contribution in [0.4, 0.5) is 4.39 Å². The van der Waals surface area contributed by atoms with Crippen molar-refractivity contribution in [1.29, 1.82) is 0 Å². The molecule has 2 aromatic rings. The van der Waals surface area contributed by atoms with E-state index in [0.29, 0.717) is 38.7 Å². The van der Waals surface area contributed by atoms with Crippen LogP contribution in [-0.2, 0) is 27.8 Å². The van der Waals surface area contributed by atoms with Gasteiger partial charge in [0.2, 0.25) is 10.0 Å². The molecule has 0 aromatic heterocycles. The minimum Gasteiger partial charge on any atom is -0.377 e. The van der Waals surface area contributed by atoms with Crippen molar-refractivity contribution in [2.45, 2.75) is 43.9 Å². The third kappa shape index (κ3) is 8.30. The minimum atomic E-state index is -3.56. The summed E-state index contributed by atoms with van der Waals surface area (Å²) in [6.45, 7) is 4.44. The maximum absolute atomic E-state index is 13.3. The summed E-state index contributed by atoms with van der Waals surface area (Å²) >= 11 is 0. The van der Waals surface area contributed by atoms with Gasteiger partial charge in [0.25, 0.3) is 0 Å². The number of nitrogens with zero attached hydrogens (tertiary/aromatic N) is 1. The Balaban J connectivity index is 0.00000363.